The van der Waals surface area contributed by atoms with Crippen molar-refractivity contribution in [3.63, 3.8) is 0 Å². The van der Waals surface area contributed by atoms with Gasteiger partial charge in [0.15, 0.2) is 5.84 Å². The molecule has 0 radical (unpaired) electrons. The Hall–Kier alpha value is -2.92. The zero-order valence-electron chi connectivity index (χ0n) is 14.7. The van der Waals surface area contributed by atoms with Crippen molar-refractivity contribution in [2.75, 3.05) is 6.61 Å². The third-order valence-electron chi connectivity index (χ3n) is 4.12. The van der Waals surface area contributed by atoms with Crippen LogP contribution in [0.1, 0.15) is 28.5 Å². The van der Waals surface area contributed by atoms with Gasteiger partial charge in [0.2, 0.25) is 0 Å². The number of fused-ring (bicyclic) bond motifs is 1. The summed E-state index contributed by atoms with van der Waals surface area (Å²) in [6.45, 7) is 4.68. The average Bonchev–Trinajstić information content (AvgIpc) is 3.12. The molecule has 130 valence electrons. The van der Waals surface area contributed by atoms with Crippen LogP contribution in [0.2, 0.25) is 0 Å². The largest absolute Gasteiger partial charge is 0.494 e. The van der Waals surface area contributed by atoms with Crippen molar-refractivity contribution in [2.24, 2.45) is 10.1 Å². The molecule has 5 heteroatoms. The summed E-state index contributed by atoms with van der Waals surface area (Å²) in [7, 11) is 0. The fourth-order valence-corrected chi connectivity index (χ4v) is 3.49. The van der Waals surface area contributed by atoms with Gasteiger partial charge in [0.25, 0.3) is 0 Å². The van der Waals surface area contributed by atoms with Crippen LogP contribution in [0.4, 0.5) is 5.69 Å². The minimum atomic E-state index is 0.623. The van der Waals surface area contributed by atoms with Gasteiger partial charge in [-0.15, -0.1) is 11.3 Å². The summed E-state index contributed by atoms with van der Waals surface area (Å²) in [5, 5.41) is 6.73. The van der Waals surface area contributed by atoms with E-state index < -0.39 is 0 Å². The predicted molar refractivity (Wildman–Crippen MR) is 108 cm³/mol. The van der Waals surface area contributed by atoms with Crippen LogP contribution in [0.25, 0.3) is 0 Å². The molecule has 1 aromatic heterocycles. The second kappa shape index (κ2) is 7.14. The van der Waals surface area contributed by atoms with Gasteiger partial charge in [-0.1, -0.05) is 35.9 Å². The summed E-state index contributed by atoms with van der Waals surface area (Å²) in [6, 6.07) is 18.4. The fourth-order valence-electron chi connectivity index (χ4n) is 2.83. The molecule has 0 amide bonds. The minimum absolute atomic E-state index is 0.623. The van der Waals surface area contributed by atoms with Crippen molar-refractivity contribution in [1.82, 2.24) is 5.43 Å². The summed E-state index contributed by atoms with van der Waals surface area (Å²) >= 11 is 1.64. The number of amidine groups is 1. The molecule has 4 rings (SSSR count). The SMILES string of the molecule is CCOc1ccc2c(c1)C(c1ccc(C)cc1)=NNC(c1cccs1)=N2. The van der Waals surface area contributed by atoms with E-state index in [1.54, 1.807) is 11.3 Å². The molecule has 2 heterocycles. The average molecular weight is 361 g/mol. The molecule has 0 atom stereocenters. The number of nitrogens with one attached hydrogen (secondary N) is 1. The molecule has 1 aliphatic heterocycles. The smallest absolute Gasteiger partial charge is 0.164 e. The van der Waals surface area contributed by atoms with Gasteiger partial charge in [-0.05, 0) is 43.5 Å². The van der Waals surface area contributed by atoms with Gasteiger partial charge >= 0.3 is 0 Å². The monoisotopic (exact) mass is 361 g/mol. The summed E-state index contributed by atoms with van der Waals surface area (Å²) in [4.78, 5) is 5.88. The Bertz CT molecular complexity index is 973. The first-order valence-electron chi connectivity index (χ1n) is 8.55. The molecule has 0 saturated carbocycles. The third-order valence-corrected chi connectivity index (χ3v) is 5.00. The molecule has 2 aromatic carbocycles. The van der Waals surface area contributed by atoms with Crippen molar-refractivity contribution >= 4 is 28.6 Å². The van der Waals surface area contributed by atoms with E-state index in [1.165, 1.54) is 5.56 Å². The maximum Gasteiger partial charge on any atom is 0.164 e. The Kier molecular flexibility index (Phi) is 4.54. The molecule has 0 fully saturated rings. The van der Waals surface area contributed by atoms with Crippen LogP contribution >= 0.6 is 11.3 Å². The highest BCUT2D eigenvalue weighted by Gasteiger charge is 2.18. The molecule has 0 bridgehead atoms. The van der Waals surface area contributed by atoms with E-state index in [0.29, 0.717) is 6.61 Å². The van der Waals surface area contributed by atoms with E-state index >= 15 is 0 Å². The molecule has 0 aliphatic carbocycles. The Balaban J connectivity index is 1.86. The highest BCUT2D eigenvalue weighted by Crippen LogP contribution is 2.30. The van der Waals surface area contributed by atoms with E-state index in [4.69, 9.17) is 14.8 Å². The lowest BCUT2D eigenvalue weighted by molar-refractivity contribution is 0.340. The van der Waals surface area contributed by atoms with Crippen LogP contribution < -0.4 is 10.2 Å². The number of benzene rings is 2. The second-order valence-corrected chi connectivity index (χ2v) is 6.94. The molecule has 0 saturated heterocycles. The number of aliphatic imine (C=N–C) groups is 1. The van der Waals surface area contributed by atoms with Crippen LogP contribution in [0.15, 0.2) is 70.1 Å². The maximum absolute atomic E-state index is 5.69. The quantitative estimate of drug-likeness (QED) is 0.719. The van der Waals surface area contributed by atoms with E-state index in [-0.39, 0.29) is 0 Å². The van der Waals surface area contributed by atoms with Crippen molar-refractivity contribution in [3.8, 4) is 5.75 Å². The Morgan fingerprint density at radius 2 is 1.92 bits per heavy atom. The van der Waals surface area contributed by atoms with Crippen molar-refractivity contribution in [1.29, 1.82) is 0 Å². The van der Waals surface area contributed by atoms with Crippen molar-refractivity contribution in [3.05, 3.63) is 81.5 Å². The molecule has 26 heavy (non-hydrogen) atoms. The van der Waals surface area contributed by atoms with Crippen LogP contribution in [-0.4, -0.2) is 18.2 Å². The number of hydrogen-bond acceptors (Lipinski definition) is 5. The van der Waals surface area contributed by atoms with Crippen molar-refractivity contribution < 1.29 is 4.74 Å². The van der Waals surface area contributed by atoms with Crippen LogP contribution in [0.5, 0.6) is 5.75 Å². The van der Waals surface area contributed by atoms with Crippen LogP contribution in [-0.2, 0) is 0 Å². The molecule has 0 spiro atoms. The van der Waals surface area contributed by atoms with Crippen LogP contribution in [0, 0.1) is 6.92 Å². The third kappa shape index (κ3) is 3.26. The highest BCUT2D eigenvalue weighted by molar-refractivity contribution is 7.12. The standard InChI is InChI=1S/C21H19N3OS/c1-3-25-16-10-11-18-17(13-16)20(15-8-6-14(2)7-9-15)23-24-21(22-18)19-5-4-12-26-19/h4-13H,3H2,1-2H3,(H,22,24). The first-order valence-corrected chi connectivity index (χ1v) is 9.43. The molecule has 3 aromatic rings. The van der Waals surface area contributed by atoms with E-state index in [0.717, 1.165) is 39.0 Å². The van der Waals surface area contributed by atoms with Gasteiger partial charge in [0.1, 0.15) is 11.5 Å². The number of hydrogen-bond donors (Lipinski definition) is 1. The molecule has 4 nitrogen and oxygen atoms in total. The number of hydrazone groups is 1. The Morgan fingerprint density at radius 1 is 1.08 bits per heavy atom. The summed E-state index contributed by atoms with van der Waals surface area (Å²) in [5.41, 5.74) is 8.10. The van der Waals surface area contributed by atoms with Gasteiger partial charge in [-0.2, -0.15) is 5.10 Å². The first kappa shape index (κ1) is 16.5. The fraction of sp³-hybridized carbons (Fsp3) is 0.143. The maximum atomic E-state index is 5.69. The number of ether oxygens (including phenoxy) is 1. The number of nitrogens with zero attached hydrogens (tertiary/aromatic N) is 2. The second-order valence-electron chi connectivity index (χ2n) is 5.99. The topological polar surface area (TPSA) is 46.0 Å². The van der Waals surface area contributed by atoms with Gasteiger partial charge in [0, 0.05) is 11.1 Å². The Morgan fingerprint density at radius 3 is 2.65 bits per heavy atom. The zero-order chi connectivity index (χ0) is 17.9. The lowest BCUT2D eigenvalue weighted by atomic mass is 9.99. The lowest BCUT2D eigenvalue weighted by Crippen LogP contribution is -2.18. The van der Waals surface area contributed by atoms with E-state index in [9.17, 15) is 0 Å². The minimum Gasteiger partial charge on any atom is -0.494 e. The highest BCUT2D eigenvalue weighted by atomic mass is 32.1. The van der Waals surface area contributed by atoms with Gasteiger partial charge in [0.05, 0.1) is 17.2 Å². The Labute approximate surface area is 156 Å². The molecule has 1 N–H and O–H groups in total. The number of rotatable bonds is 4. The molecule has 1 aliphatic rings. The first-order chi connectivity index (χ1) is 12.7. The summed E-state index contributed by atoms with van der Waals surface area (Å²) in [6.07, 6.45) is 0. The normalized spacial score (nSPS) is 13.2. The molecule has 0 unspecified atom stereocenters. The molecular weight excluding hydrogens is 342 g/mol. The number of thiophene rings is 1. The summed E-state index contributed by atoms with van der Waals surface area (Å²) < 4.78 is 5.69. The summed E-state index contributed by atoms with van der Waals surface area (Å²) in [5.74, 6) is 1.58. The molecular formula is C21H19N3OS. The van der Waals surface area contributed by atoms with Gasteiger partial charge in [-0.3, -0.25) is 5.43 Å². The lowest BCUT2D eigenvalue weighted by Gasteiger charge is -2.10. The predicted octanol–water partition coefficient (Wildman–Crippen LogP) is 4.89. The van der Waals surface area contributed by atoms with Gasteiger partial charge < -0.3 is 4.74 Å². The van der Waals surface area contributed by atoms with Crippen LogP contribution in [0.3, 0.4) is 0 Å². The van der Waals surface area contributed by atoms with Crippen molar-refractivity contribution in [2.45, 2.75) is 13.8 Å². The van der Waals surface area contributed by atoms with Gasteiger partial charge in [-0.25, -0.2) is 4.99 Å². The zero-order valence-corrected chi connectivity index (χ0v) is 15.5. The van der Waals surface area contributed by atoms with E-state index in [1.807, 2.05) is 42.6 Å². The van der Waals surface area contributed by atoms with E-state index in [2.05, 4.69) is 36.6 Å². The number of aryl methyl sites for hydroxylation is 1.